The molecule has 5 aromatic rings. The van der Waals surface area contributed by atoms with E-state index in [9.17, 15) is 18.0 Å². The van der Waals surface area contributed by atoms with Gasteiger partial charge in [0, 0.05) is 23.2 Å². The van der Waals surface area contributed by atoms with Gasteiger partial charge >= 0.3 is 6.09 Å². The molecule has 0 saturated heterocycles. The van der Waals surface area contributed by atoms with E-state index in [1.54, 1.807) is 101 Å². The van der Waals surface area contributed by atoms with E-state index in [-0.39, 0.29) is 34.6 Å². The van der Waals surface area contributed by atoms with Crippen LogP contribution in [0.1, 0.15) is 37.5 Å². The summed E-state index contributed by atoms with van der Waals surface area (Å²) in [5.41, 5.74) is 6.34. The number of sulfonamides is 2. The van der Waals surface area contributed by atoms with Gasteiger partial charge in [-0.05, 0) is 114 Å². The second-order valence-corrected chi connectivity index (χ2v) is 18.9. The molecule has 0 aliphatic carbocycles. The molecule has 0 fully saturated rings. The van der Waals surface area contributed by atoms with Gasteiger partial charge in [0.2, 0.25) is 31.8 Å². The fraction of sp³-hybridized carbons (Fsp3) is 0.308. The summed E-state index contributed by atoms with van der Waals surface area (Å²) in [6.07, 6.45) is -1.03. The molecular formula is C39H45IN8O10S2. The highest BCUT2D eigenvalue weighted by atomic mass is 127. The van der Waals surface area contributed by atoms with Crippen molar-refractivity contribution in [3.63, 3.8) is 0 Å². The van der Waals surface area contributed by atoms with Crippen molar-refractivity contribution >= 4 is 54.6 Å². The van der Waals surface area contributed by atoms with Crippen LogP contribution in [-0.2, 0) is 49.2 Å². The van der Waals surface area contributed by atoms with Gasteiger partial charge in [0.15, 0.2) is 0 Å². The fourth-order valence-electron chi connectivity index (χ4n) is 5.69. The van der Waals surface area contributed by atoms with Crippen molar-refractivity contribution in [2.45, 2.75) is 61.8 Å². The van der Waals surface area contributed by atoms with E-state index >= 15 is 8.42 Å². The highest BCUT2D eigenvalue weighted by molar-refractivity contribution is 14.1. The molecule has 1 aromatic heterocycles. The molecule has 0 bridgehead atoms. The van der Waals surface area contributed by atoms with Crippen molar-refractivity contribution in [2.24, 2.45) is 5.73 Å². The number of hydrogen-bond donors (Lipinski definition) is 3. The van der Waals surface area contributed by atoms with Crippen LogP contribution >= 0.6 is 22.6 Å². The Balaban J connectivity index is 1.66. The molecule has 1 atom stereocenters. The molecule has 0 aliphatic rings. The lowest BCUT2D eigenvalue weighted by Crippen LogP contribution is -2.52. The number of carbonyl (C=O) groups is 2. The van der Waals surface area contributed by atoms with Crippen LogP contribution in [0.3, 0.4) is 0 Å². The Morgan fingerprint density at radius 3 is 1.77 bits per heavy atom. The number of aromatic nitrogens is 4. The van der Waals surface area contributed by atoms with Gasteiger partial charge in [0.25, 0.3) is 0 Å². The summed E-state index contributed by atoms with van der Waals surface area (Å²) in [7, 11) is -5.16. The summed E-state index contributed by atoms with van der Waals surface area (Å²) in [5, 5.41) is 15.1. The first kappa shape index (κ1) is 45.7. The average molecular weight is 977 g/mol. The number of nitrogens with zero attached hydrogens (tertiary/aromatic N) is 5. The van der Waals surface area contributed by atoms with E-state index < -0.39 is 60.0 Å². The summed E-state index contributed by atoms with van der Waals surface area (Å²) < 4.78 is 84.4. The molecule has 1 unspecified atom stereocenters. The standard InChI is InChI=1S/C39H45IN8O10S2/c1-39(2,3)58-38(50)43-32(36(41)49)21-42-59(51,52)33-20-19-31(40)34(37-44-46-48(45-37)24-27-11-17-30(57-6)18-12-27)35(33)60(53,54)47(22-25-7-13-28(55-4)14-8-25)23-26-9-15-29(56-5)16-10-26/h7-20,32,42H,21-24H2,1-6H3,(H2,41,49)(H,43,50). The average Bonchev–Trinajstić information content (AvgIpc) is 3.66. The number of hydrogen-bond acceptors (Lipinski definition) is 13. The summed E-state index contributed by atoms with van der Waals surface area (Å²) in [5.74, 6) is 0.462. The second kappa shape index (κ2) is 19.4. The Morgan fingerprint density at radius 2 is 1.30 bits per heavy atom. The molecule has 60 heavy (non-hydrogen) atoms. The molecule has 0 saturated carbocycles. The number of tetrazole rings is 1. The fourth-order valence-corrected chi connectivity index (χ4v) is 10.0. The van der Waals surface area contributed by atoms with Gasteiger partial charge in [-0.15, -0.1) is 10.2 Å². The van der Waals surface area contributed by atoms with Crippen molar-refractivity contribution in [1.82, 2.24) is 34.6 Å². The molecule has 0 spiro atoms. The van der Waals surface area contributed by atoms with Crippen molar-refractivity contribution < 1.29 is 45.4 Å². The van der Waals surface area contributed by atoms with Crippen LogP contribution in [0, 0.1) is 3.57 Å². The molecule has 2 amide bonds. The van der Waals surface area contributed by atoms with Crippen molar-refractivity contribution in [2.75, 3.05) is 27.9 Å². The van der Waals surface area contributed by atoms with Crippen LogP contribution in [-0.4, -0.2) is 92.9 Å². The Bertz CT molecular complexity index is 2460. The number of nitrogens with one attached hydrogen (secondary N) is 2. The molecular weight excluding hydrogens is 932 g/mol. The minimum atomic E-state index is -4.86. The van der Waals surface area contributed by atoms with E-state index in [2.05, 4.69) is 25.4 Å². The lowest BCUT2D eigenvalue weighted by molar-refractivity contribution is -0.119. The monoisotopic (exact) mass is 976 g/mol. The maximum absolute atomic E-state index is 15.4. The third-order valence-corrected chi connectivity index (χ3v) is 13.0. The Kier molecular flexibility index (Phi) is 14.7. The normalized spacial score (nSPS) is 12.5. The number of carbonyl (C=O) groups excluding carboxylic acids is 2. The number of amides is 2. The third-order valence-electron chi connectivity index (χ3n) is 8.67. The number of rotatable bonds is 18. The van der Waals surface area contributed by atoms with E-state index in [1.165, 1.54) is 25.1 Å². The van der Waals surface area contributed by atoms with Crippen LogP contribution in [0.15, 0.2) is 94.7 Å². The van der Waals surface area contributed by atoms with Gasteiger partial charge in [-0.2, -0.15) is 9.10 Å². The predicted octanol–water partition coefficient (Wildman–Crippen LogP) is 4.07. The largest absolute Gasteiger partial charge is 0.497 e. The summed E-state index contributed by atoms with van der Waals surface area (Å²) in [4.78, 5) is 24.8. The number of alkyl carbamates (subject to hydrolysis) is 1. The van der Waals surface area contributed by atoms with Crippen LogP contribution in [0.5, 0.6) is 17.2 Å². The van der Waals surface area contributed by atoms with Crippen molar-refractivity contribution in [3.05, 3.63) is 105 Å². The van der Waals surface area contributed by atoms with E-state index in [0.717, 1.165) is 15.9 Å². The first-order valence-electron chi connectivity index (χ1n) is 18.1. The lowest BCUT2D eigenvalue weighted by atomic mass is 10.2. The number of benzene rings is 4. The van der Waals surface area contributed by atoms with Crippen LogP contribution in [0.4, 0.5) is 4.79 Å². The Labute approximate surface area is 362 Å². The zero-order chi connectivity index (χ0) is 43.8. The zero-order valence-electron chi connectivity index (χ0n) is 33.6. The van der Waals surface area contributed by atoms with Gasteiger partial charge in [-0.1, -0.05) is 36.4 Å². The minimum absolute atomic E-state index is 0.134. The van der Waals surface area contributed by atoms with Gasteiger partial charge in [-0.3, -0.25) is 4.79 Å². The number of halogens is 1. The third kappa shape index (κ3) is 11.7. The highest BCUT2D eigenvalue weighted by Crippen LogP contribution is 2.38. The molecule has 0 radical (unpaired) electrons. The van der Waals surface area contributed by atoms with Crippen LogP contribution in [0.2, 0.25) is 0 Å². The van der Waals surface area contributed by atoms with Crippen molar-refractivity contribution in [1.29, 1.82) is 0 Å². The van der Waals surface area contributed by atoms with E-state index in [0.29, 0.717) is 28.4 Å². The molecule has 5 rings (SSSR count). The quantitative estimate of drug-likeness (QED) is 0.105. The number of primary amides is 1. The molecule has 1 heterocycles. The zero-order valence-corrected chi connectivity index (χ0v) is 37.4. The number of nitrogens with two attached hydrogens (primary N) is 1. The number of methoxy groups -OCH3 is 3. The SMILES string of the molecule is COc1ccc(CN(Cc2ccc(OC)cc2)S(=O)(=O)c2c(S(=O)(=O)NCC(NC(=O)OC(C)(C)C)C(N)=O)ccc(I)c2-c2nnn(Cc3ccc(OC)cc3)n2)cc1. The predicted molar refractivity (Wildman–Crippen MR) is 228 cm³/mol. The van der Waals surface area contributed by atoms with Gasteiger partial charge < -0.3 is 30.0 Å². The van der Waals surface area contributed by atoms with Gasteiger partial charge in [-0.25, -0.2) is 26.4 Å². The topological polar surface area (TPSA) is 236 Å². The van der Waals surface area contributed by atoms with Crippen LogP contribution in [0.25, 0.3) is 11.4 Å². The molecule has 320 valence electrons. The summed E-state index contributed by atoms with van der Waals surface area (Å²) in [6, 6.07) is 21.5. The smallest absolute Gasteiger partial charge is 0.408 e. The first-order valence-corrected chi connectivity index (χ1v) is 22.1. The van der Waals surface area contributed by atoms with E-state index in [4.69, 9.17) is 24.7 Å². The lowest BCUT2D eigenvalue weighted by Gasteiger charge is -2.26. The summed E-state index contributed by atoms with van der Waals surface area (Å²) >= 11 is 1.89. The van der Waals surface area contributed by atoms with Gasteiger partial charge in [0.05, 0.1) is 33.4 Å². The number of ether oxygens (including phenoxy) is 4. The Hall–Kier alpha value is -5.36. The van der Waals surface area contributed by atoms with Gasteiger partial charge in [0.1, 0.15) is 38.7 Å². The van der Waals surface area contributed by atoms with E-state index in [1.807, 2.05) is 22.6 Å². The Morgan fingerprint density at radius 1 is 0.800 bits per heavy atom. The molecule has 4 aromatic carbocycles. The van der Waals surface area contributed by atoms with Crippen molar-refractivity contribution in [3.8, 4) is 28.6 Å². The molecule has 21 heteroatoms. The maximum atomic E-state index is 15.4. The summed E-state index contributed by atoms with van der Waals surface area (Å²) in [6.45, 7) is 3.76. The maximum Gasteiger partial charge on any atom is 0.408 e. The minimum Gasteiger partial charge on any atom is -0.497 e. The molecule has 4 N–H and O–H groups in total. The first-order chi connectivity index (χ1) is 28.3. The second-order valence-electron chi connectivity index (χ2n) is 14.2. The molecule has 0 aliphatic heterocycles. The van der Waals surface area contributed by atoms with Crippen LogP contribution < -0.4 is 30.0 Å². The molecule has 18 nitrogen and oxygen atoms in total. The highest BCUT2D eigenvalue weighted by Gasteiger charge is 2.38.